The van der Waals surface area contributed by atoms with E-state index < -0.39 is 5.97 Å². The van der Waals surface area contributed by atoms with E-state index >= 15 is 0 Å². The van der Waals surface area contributed by atoms with Gasteiger partial charge in [0.15, 0.2) is 0 Å². The van der Waals surface area contributed by atoms with Gasteiger partial charge in [-0.3, -0.25) is 0 Å². The van der Waals surface area contributed by atoms with Crippen LogP contribution in [-0.4, -0.2) is 36.4 Å². The Morgan fingerprint density at radius 1 is 1.40 bits per heavy atom. The molecule has 3 N–H and O–H groups in total. The molecule has 1 aliphatic rings. The summed E-state index contributed by atoms with van der Waals surface area (Å²) in [5, 5.41) is 14.2. The average Bonchev–Trinajstić information content (AvgIpc) is 2.92. The number of ether oxygens (including phenoxy) is 1. The first-order valence-corrected chi connectivity index (χ1v) is 6.65. The molecule has 2 rings (SSSR count). The number of carboxylic acids is 1. The van der Waals surface area contributed by atoms with E-state index in [4.69, 9.17) is 9.84 Å². The van der Waals surface area contributed by atoms with Gasteiger partial charge in [0, 0.05) is 18.8 Å². The van der Waals surface area contributed by atoms with Gasteiger partial charge in [-0.05, 0) is 37.5 Å². The maximum Gasteiger partial charge on any atom is 0.335 e. The predicted octanol–water partition coefficient (Wildman–Crippen LogP) is 2.08. The quantitative estimate of drug-likeness (QED) is 0.769. The third-order valence-corrected chi connectivity index (χ3v) is 3.14. The summed E-state index contributed by atoms with van der Waals surface area (Å²) < 4.78 is 5.46. The molecule has 1 fully saturated rings. The van der Waals surface area contributed by atoms with Gasteiger partial charge >= 0.3 is 12.0 Å². The molecule has 0 aromatic heterocycles. The molecule has 0 bridgehead atoms. The standard InChI is InChI=1S/C14H18N2O4/c17-13(18)10-3-1-4-11(9-10)16-14(19)15-7-6-12-5-2-8-20-12/h1,3-4,9,12H,2,5-8H2,(H,17,18)(H2,15,16,19). The summed E-state index contributed by atoms with van der Waals surface area (Å²) in [6.07, 6.45) is 3.16. The number of carboxylic acid groups (broad SMARTS) is 1. The Labute approximate surface area is 117 Å². The van der Waals surface area contributed by atoms with Crippen LogP contribution in [0.3, 0.4) is 0 Å². The minimum absolute atomic E-state index is 0.141. The first kappa shape index (κ1) is 14.3. The second-order valence-electron chi connectivity index (χ2n) is 4.69. The van der Waals surface area contributed by atoms with Gasteiger partial charge in [-0.2, -0.15) is 0 Å². The fraction of sp³-hybridized carbons (Fsp3) is 0.429. The Morgan fingerprint density at radius 3 is 2.95 bits per heavy atom. The summed E-state index contributed by atoms with van der Waals surface area (Å²) >= 11 is 0. The van der Waals surface area contributed by atoms with Gasteiger partial charge in [-0.15, -0.1) is 0 Å². The highest BCUT2D eigenvalue weighted by atomic mass is 16.5. The molecular weight excluding hydrogens is 260 g/mol. The first-order valence-electron chi connectivity index (χ1n) is 6.65. The van der Waals surface area contributed by atoms with Gasteiger partial charge < -0.3 is 20.5 Å². The molecule has 1 aliphatic heterocycles. The van der Waals surface area contributed by atoms with Gasteiger partial charge in [0.2, 0.25) is 0 Å². The zero-order valence-corrected chi connectivity index (χ0v) is 11.1. The number of hydrogen-bond acceptors (Lipinski definition) is 3. The summed E-state index contributed by atoms with van der Waals surface area (Å²) in [7, 11) is 0. The van der Waals surface area contributed by atoms with E-state index in [0.717, 1.165) is 25.9 Å². The second kappa shape index (κ2) is 6.91. The van der Waals surface area contributed by atoms with Crippen molar-refractivity contribution in [3.63, 3.8) is 0 Å². The molecule has 2 amide bonds. The predicted molar refractivity (Wildman–Crippen MR) is 74.0 cm³/mol. The number of carbonyl (C=O) groups is 2. The molecule has 20 heavy (non-hydrogen) atoms. The fourth-order valence-corrected chi connectivity index (χ4v) is 2.12. The lowest BCUT2D eigenvalue weighted by atomic mass is 10.2. The molecular formula is C14H18N2O4. The van der Waals surface area contributed by atoms with Crippen LogP contribution in [0, 0.1) is 0 Å². The highest BCUT2D eigenvalue weighted by molar-refractivity contribution is 5.93. The van der Waals surface area contributed by atoms with Crippen molar-refractivity contribution in [2.24, 2.45) is 0 Å². The van der Waals surface area contributed by atoms with Crippen LogP contribution in [0.2, 0.25) is 0 Å². The number of carbonyl (C=O) groups excluding carboxylic acids is 1. The van der Waals surface area contributed by atoms with Crippen molar-refractivity contribution < 1.29 is 19.4 Å². The molecule has 1 unspecified atom stereocenters. The number of aromatic carboxylic acids is 1. The zero-order valence-electron chi connectivity index (χ0n) is 11.1. The van der Waals surface area contributed by atoms with Crippen molar-refractivity contribution in [1.29, 1.82) is 0 Å². The molecule has 0 saturated carbocycles. The van der Waals surface area contributed by atoms with Crippen molar-refractivity contribution >= 4 is 17.7 Å². The van der Waals surface area contributed by atoms with E-state index in [0.29, 0.717) is 12.2 Å². The van der Waals surface area contributed by atoms with Crippen LogP contribution in [0.1, 0.15) is 29.6 Å². The summed E-state index contributed by atoms with van der Waals surface area (Å²) in [6.45, 7) is 1.34. The zero-order chi connectivity index (χ0) is 14.4. The summed E-state index contributed by atoms with van der Waals surface area (Å²) in [6, 6.07) is 5.79. The van der Waals surface area contributed by atoms with Crippen LogP contribution < -0.4 is 10.6 Å². The highest BCUT2D eigenvalue weighted by Gasteiger charge is 2.15. The van der Waals surface area contributed by atoms with Crippen LogP contribution >= 0.6 is 0 Å². The Balaban J connectivity index is 1.76. The molecule has 1 atom stereocenters. The average molecular weight is 278 g/mol. The summed E-state index contributed by atoms with van der Waals surface area (Å²) in [4.78, 5) is 22.5. The maximum absolute atomic E-state index is 11.7. The number of hydrogen-bond donors (Lipinski definition) is 3. The molecule has 1 aromatic carbocycles. The van der Waals surface area contributed by atoms with Crippen molar-refractivity contribution in [2.45, 2.75) is 25.4 Å². The van der Waals surface area contributed by atoms with Crippen LogP contribution in [-0.2, 0) is 4.74 Å². The van der Waals surface area contributed by atoms with Crippen molar-refractivity contribution in [1.82, 2.24) is 5.32 Å². The van der Waals surface area contributed by atoms with Gasteiger partial charge in [0.1, 0.15) is 0 Å². The van der Waals surface area contributed by atoms with E-state index in [9.17, 15) is 9.59 Å². The Kier molecular flexibility index (Phi) is 4.95. The molecule has 6 heteroatoms. The number of amides is 2. The van der Waals surface area contributed by atoms with Gasteiger partial charge in [0.25, 0.3) is 0 Å². The molecule has 1 heterocycles. The van der Waals surface area contributed by atoms with Gasteiger partial charge in [-0.1, -0.05) is 6.07 Å². The number of urea groups is 1. The lowest BCUT2D eigenvalue weighted by Crippen LogP contribution is -2.31. The van der Waals surface area contributed by atoms with Crippen LogP contribution in [0.15, 0.2) is 24.3 Å². The fourth-order valence-electron chi connectivity index (χ4n) is 2.12. The molecule has 0 spiro atoms. The number of rotatable bonds is 5. The molecule has 108 valence electrons. The first-order chi connectivity index (χ1) is 9.65. The van der Waals surface area contributed by atoms with Crippen molar-refractivity contribution in [2.75, 3.05) is 18.5 Å². The maximum atomic E-state index is 11.7. The van der Waals surface area contributed by atoms with Crippen LogP contribution in [0.5, 0.6) is 0 Å². The normalized spacial score (nSPS) is 17.7. The lowest BCUT2D eigenvalue weighted by molar-refractivity contribution is 0.0697. The number of nitrogens with one attached hydrogen (secondary N) is 2. The third-order valence-electron chi connectivity index (χ3n) is 3.14. The van der Waals surface area contributed by atoms with Crippen molar-refractivity contribution in [3.05, 3.63) is 29.8 Å². The van der Waals surface area contributed by atoms with Crippen LogP contribution in [0.4, 0.5) is 10.5 Å². The second-order valence-corrected chi connectivity index (χ2v) is 4.69. The number of anilines is 1. The largest absolute Gasteiger partial charge is 0.478 e. The van der Waals surface area contributed by atoms with Gasteiger partial charge in [-0.25, -0.2) is 9.59 Å². The number of benzene rings is 1. The minimum atomic E-state index is -1.02. The Morgan fingerprint density at radius 2 is 2.25 bits per heavy atom. The molecule has 1 saturated heterocycles. The van der Waals surface area contributed by atoms with Gasteiger partial charge in [0.05, 0.1) is 11.7 Å². The van der Waals surface area contributed by atoms with Crippen molar-refractivity contribution in [3.8, 4) is 0 Å². The highest BCUT2D eigenvalue weighted by Crippen LogP contribution is 2.14. The van der Waals surface area contributed by atoms with E-state index in [1.165, 1.54) is 12.1 Å². The molecule has 1 aromatic rings. The Bertz CT molecular complexity index is 484. The summed E-state index contributed by atoms with van der Waals surface area (Å²) in [5.74, 6) is -1.02. The lowest BCUT2D eigenvalue weighted by Gasteiger charge is -2.11. The van der Waals surface area contributed by atoms with E-state index in [1.54, 1.807) is 12.1 Å². The smallest absolute Gasteiger partial charge is 0.335 e. The summed E-state index contributed by atoms with van der Waals surface area (Å²) in [5.41, 5.74) is 0.599. The van der Waals surface area contributed by atoms with E-state index in [1.807, 2.05) is 0 Å². The monoisotopic (exact) mass is 278 g/mol. The SMILES string of the molecule is O=C(NCCC1CCCO1)Nc1cccc(C(=O)O)c1. The minimum Gasteiger partial charge on any atom is -0.478 e. The van der Waals surface area contributed by atoms with E-state index in [2.05, 4.69) is 10.6 Å². The molecule has 6 nitrogen and oxygen atoms in total. The third kappa shape index (κ3) is 4.24. The molecule has 0 radical (unpaired) electrons. The topological polar surface area (TPSA) is 87.7 Å². The Hall–Kier alpha value is -2.08. The van der Waals surface area contributed by atoms with Crippen LogP contribution in [0.25, 0.3) is 0 Å². The van der Waals surface area contributed by atoms with E-state index in [-0.39, 0.29) is 17.7 Å². The molecule has 0 aliphatic carbocycles.